The average molecular weight is 239 g/mol. The molecule has 0 spiro atoms. The Morgan fingerprint density at radius 1 is 1.00 bits per heavy atom. The van der Waals surface area contributed by atoms with E-state index in [-0.39, 0.29) is 0 Å². The zero-order valence-corrected chi connectivity index (χ0v) is 12.0. The van der Waals surface area contributed by atoms with E-state index in [1.807, 2.05) is 0 Å². The molecule has 2 fully saturated rings. The summed E-state index contributed by atoms with van der Waals surface area (Å²) in [5, 5.41) is 0. The molecule has 0 amide bonds. The molecule has 3 atom stereocenters. The zero-order chi connectivity index (χ0) is 12.4. The van der Waals surface area contributed by atoms with Crippen LogP contribution in [0.4, 0.5) is 0 Å². The minimum atomic E-state index is 0.775. The molecule has 2 aliphatic rings. The van der Waals surface area contributed by atoms with Crippen molar-refractivity contribution < 1.29 is 0 Å². The Hall–Kier alpha value is -0.120. The van der Waals surface area contributed by atoms with Crippen molar-refractivity contribution in [3.8, 4) is 0 Å². The van der Waals surface area contributed by atoms with Crippen molar-refractivity contribution in [3.63, 3.8) is 0 Å². The molecule has 0 aliphatic carbocycles. The van der Waals surface area contributed by atoms with Crippen molar-refractivity contribution in [2.75, 3.05) is 47.8 Å². The van der Waals surface area contributed by atoms with Gasteiger partial charge in [-0.25, -0.2) is 0 Å². The highest BCUT2D eigenvalue weighted by molar-refractivity contribution is 4.93. The summed E-state index contributed by atoms with van der Waals surface area (Å²) >= 11 is 0. The minimum absolute atomic E-state index is 0.775. The van der Waals surface area contributed by atoms with Crippen LogP contribution in [0.2, 0.25) is 0 Å². The quantitative estimate of drug-likeness (QED) is 0.720. The van der Waals surface area contributed by atoms with E-state index < -0.39 is 0 Å². The lowest BCUT2D eigenvalue weighted by atomic mass is 9.81. The number of piperidine rings is 2. The number of nitrogens with zero attached hydrogens (tertiary/aromatic N) is 3. The second-order valence-corrected chi connectivity index (χ2v) is 6.29. The highest BCUT2D eigenvalue weighted by Crippen LogP contribution is 2.30. The van der Waals surface area contributed by atoms with Gasteiger partial charge in [-0.05, 0) is 60.5 Å². The Labute approximate surface area is 107 Å². The van der Waals surface area contributed by atoms with Gasteiger partial charge < -0.3 is 14.7 Å². The molecule has 3 unspecified atom stereocenters. The molecule has 0 N–H and O–H groups in total. The Morgan fingerprint density at radius 2 is 1.76 bits per heavy atom. The van der Waals surface area contributed by atoms with E-state index >= 15 is 0 Å². The molecule has 3 heteroatoms. The fraction of sp³-hybridized carbons (Fsp3) is 1.00. The third-order valence-corrected chi connectivity index (χ3v) is 4.81. The summed E-state index contributed by atoms with van der Waals surface area (Å²) in [6.07, 6.45) is 5.55. The van der Waals surface area contributed by atoms with Crippen LogP contribution < -0.4 is 0 Å². The zero-order valence-electron chi connectivity index (χ0n) is 12.0. The largest absolute Gasteiger partial charge is 0.306 e. The van der Waals surface area contributed by atoms with Crippen LogP contribution in [-0.2, 0) is 0 Å². The molecular formula is C14H29N3. The maximum absolute atomic E-state index is 2.61. The Bertz CT molecular complexity index is 242. The highest BCUT2D eigenvalue weighted by Gasteiger charge is 2.37. The van der Waals surface area contributed by atoms with Gasteiger partial charge in [0.05, 0.1) is 0 Å². The van der Waals surface area contributed by atoms with Crippen LogP contribution in [0.15, 0.2) is 0 Å². The second kappa shape index (κ2) is 5.68. The van der Waals surface area contributed by atoms with Crippen molar-refractivity contribution in [2.45, 2.75) is 37.8 Å². The maximum atomic E-state index is 2.61. The maximum Gasteiger partial charge on any atom is 0.0157 e. The third-order valence-electron chi connectivity index (χ3n) is 4.81. The van der Waals surface area contributed by atoms with Crippen molar-refractivity contribution in [1.82, 2.24) is 14.7 Å². The molecule has 2 aliphatic heterocycles. The van der Waals surface area contributed by atoms with E-state index in [4.69, 9.17) is 0 Å². The van der Waals surface area contributed by atoms with Crippen molar-refractivity contribution in [3.05, 3.63) is 0 Å². The van der Waals surface area contributed by atoms with Gasteiger partial charge in [-0.1, -0.05) is 6.42 Å². The second-order valence-electron chi connectivity index (χ2n) is 6.29. The monoisotopic (exact) mass is 239 g/mol. The first-order chi connectivity index (χ1) is 8.09. The molecular weight excluding hydrogens is 210 g/mol. The molecule has 0 saturated carbocycles. The molecule has 0 bridgehead atoms. The number of likely N-dealkylation sites (tertiary alicyclic amines) is 2. The summed E-state index contributed by atoms with van der Waals surface area (Å²) in [6.45, 7) is 3.83. The lowest BCUT2D eigenvalue weighted by Gasteiger charge is -2.48. The molecule has 2 heterocycles. The van der Waals surface area contributed by atoms with Gasteiger partial charge in [-0.15, -0.1) is 0 Å². The molecule has 100 valence electrons. The highest BCUT2D eigenvalue weighted by atomic mass is 15.2. The van der Waals surface area contributed by atoms with E-state index in [1.54, 1.807) is 0 Å². The summed E-state index contributed by atoms with van der Waals surface area (Å²) in [4.78, 5) is 7.59. The van der Waals surface area contributed by atoms with Crippen LogP contribution >= 0.6 is 0 Å². The lowest BCUT2D eigenvalue weighted by molar-refractivity contribution is 0.0230. The normalized spacial score (nSPS) is 37.6. The van der Waals surface area contributed by atoms with Crippen molar-refractivity contribution >= 4 is 0 Å². The summed E-state index contributed by atoms with van der Waals surface area (Å²) in [5.41, 5.74) is 0. The smallest absolute Gasteiger partial charge is 0.0157 e. The number of hydrogen-bond acceptors (Lipinski definition) is 3. The minimum Gasteiger partial charge on any atom is -0.306 e. The fourth-order valence-corrected chi connectivity index (χ4v) is 3.80. The molecule has 0 radical (unpaired) electrons. The molecule has 0 aromatic heterocycles. The summed E-state index contributed by atoms with van der Waals surface area (Å²) in [6, 6.07) is 1.58. The predicted octanol–water partition coefficient (Wildman–Crippen LogP) is 1.35. The molecule has 2 rings (SSSR count). The first kappa shape index (κ1) is 13.3. The molecule has 0 aromatic rings. The lowest BCUT2D eigenvalue weighted by Crippen LogP contribution is -2.56. The Balaban J connectivity index is 2.07. The van der Waals surface area contributed by atoms with Gasteiger partial charge in [0, 0.05) is 24.5 Å². The van der Waals surface area contributed by atoms with Gasteiger partial charge in [0.1, 0.15) is 0 Å². The van der Waals surface area contributed by atoms with Crippen LogP contribution in [0, 0.1) is 5.92 Å². The van der Waals surface area contributed by atoms with Crippen LogP contribution in [0.3, 0.4) is 0 Å². The van der Waals surface area contributed by atoms with E-state index in [9.17, 15) is 0 Å². The van der Waals surface area contributed by atoms with Gasteiger partial charge in [-0.3, -0.25) is 0 Å². The summed E-state index contributed by atoms with van der Waals surface area (Å²) < 4.78 is 0. The number of hydrogen-bond donors (Lipinski definition) is 0. The predicted molar refractivity (Wildman–Crippen MR) is 73.3 cm³/mol. The van der Waals surface area contributed by atoms with Crippen LogP contribution in [-0.4, -0.2) is 74.6 Å². The van der Waals surface area contributed by atoms with E-state index in [0.717, 1.165) is 18.0 Å². The Morgan fingerprint density at radius 3 is 2.41 bits per heavy atom. The first-order valence-electron chi connectivity index (χ1n) is 7.15. The van der Waals surface area contributed by atoms with E-state index in [2.05, 4.69) is 42.9 Å². The number of rotatable bonds is 2. The van der Waals surface area contributed by atoms with Crippen LogP contribution in [0.5, 0.6) is 0 Å². The van der Waals surface area contributed by atoms with Crippen molar-refractivity contribution in [2.24, 2.45) is 5.92 Å². The third kappa shape index (κ3) is 3.01. The van der Waals surface area contributed by atoms with Gasteiger partial charge >= 0.3 is 0 Å². The van der Waals surface area contributed by atoms with E-state index in [0.29, 0.717) is 0 Å². The topological polar surface area (TPSA) is 9.72 Å². The summed E-state index contributed by atoms with van der Waals surface area (Å²) in [5.74, 6) is 0.828. The Kier molecular flexibility index (Phi) is 4.45. The van der Waals surface area contributed by atoms with Gasteiger partial charge in [0.15, 0.2) is 0 Å². The first-order valence-corrected chi connectivity index (χ1v) is 7.15. The van der Waals surface area contributed by atoms with Gasteiger partial charge in [0.25, 0.3) is 0 Å². The van der Waals surface area contributed by atoms with Gasteiger partial charge in [-0.2, -0.15) is 0 Å². The molecule has 3 nitrogen and oxygen atoms in total. The fourth-order valence-electron chi connectivity index (χ4n) is 3.80. The average Bonchev–Trinajstić information content (AvgIpc) is 2.29. The standard InChI is InChI=1S/C14H29N3/c1-15(2)13-8-10-16(3)11-12(13)14-7-5-6-9-17(14)4/h12-14H,5-11H2,1-4H3. The van der Waals surface area contributed by atoms with Crippen LogP contribution in [0.1, 0.15) is 25.7 Å². The van der Waals surface area contributed by atoms with E-state index in [1.165, 1.54) is 45.3 Å². The molecule has 2 saturated heterocycles. The van der Waals surface area contributed by atoms with Gasteiger partial charge in [0.2, 0.25) is 0 Å². The molecule has 17 heavy (non-hydrogen) atoms. The van der Waals surface area contributed by atoms with Crippen molar-refractivity contribution in [1.29, 1.82) is 0 Å². The van der Waals surface area contributed by atoms with Crippen LogP contribution in [0.25, 0.3) is 0 Å². The summed E-state index contributed by atoms with van der Waals surface area (Å²) in [7, 11) is 9.12. The molecule has 0 aromatic carbocycles. The SMILES string of the molecule is CN1CCC(N(C)C)C(C2CCCCN2C)C1.